The molecule has 0 saturated carbocycles. The van der Waals surface area contributed by atoms with Crippen LogP contribution >= 0.6 is 27.5 Å². The van der Waals surface area contributed by atoms with E-state index in [1.54, 1.807) is 31.2 Å². The van der Waals surface area contributed by atoms with Crippen molar-refractivity contribution in [1.82, 2.24) is 10.2 Å². The Labute approximate surface area is 228 Å². The first-order valence-corrected chi connectivity index (χ1v) is 14.2. The summed E-state index contributed by atoms with van der Waals surface area (Å²) in [6.45, 7) is 4.25. The van der Waals surface area contributed by atoms with Crippen molar-refractivity contribution in [2.45, 2.75) is 52.0 Å². The van der Waals surface area contributed by atoms with E-state index >= 15 is 0 Å². The first-order chi connectivity index (χ1) is 17.0. The number of benzene rings is 2. The minimum Gasteiger partial charge on any atom is -0.352 e. The van der Waals surface area contributed by atoms with Crippen LogP contribution in [-0.2, 0) is 32.3 Å². The number of nitrogens with zero attached hydrogens (tertiary/aromatic N) is 2. The van der Waals surface area contributed by atoms with E-state index in [2.05, 4.69) is 21.2 Å². The molecule has 0 aromatic heterocycles. The zero-order valence-electron chi connectivity index (χ0n) is 20.6. The molecule has 2 rings (SSSR count). The predicted octanol–water partition coefficient (Wildman–Crippen LogP) is 5.22. The number of hydrogen-bond acceptors (Lipinski definition) is 4. The van der Waals surface area contributed by atoms with Gasteiger partial charge in [0, 0.05) is 17.1 Å². The van der Waals surface area contributed by atoms with Gasteiger partial charge in [-0.1, -0.05) is 46.6 Å². The number of amides is 2. The Bertz CT molecular complexity index is 1240. The Kier molecular flexibility index (Phi) is 10.4. The molecule has 0 heterocycles. The van der Waals surface area contributed by atoms with Crippen LogP contribution in [0.25, 0.3) is 0 Å². The molecule has 37 heavy (non-hydrogen) atoms. The summed E-state index contributed by atoms with van der Waals surface area (Å²) < 4.78 is 66.4. The first-order valence-electron chi connectivity index (χ1n) is 11.2. The van der Waals surface area contributed by atoms with Gasteiger partial charge >= 0.3 is 6.18 Å². The third kappa shape index (κ3) is 8.61. The molecule has 2 aromatic carbocycles. The first kappa shape index (κ1) is 30.9. The fourth-order valence-corrected chi connectivity index (χ4v) is 4.92. The van der Waals surface area contributed by atoms with Gasteiger partial charge in [-0.25, -0.2) is 8.42 Å². The maximum atomic E-state index is 13.5. The summed E-state index contributed by atoms with van der Waals surface area (Å²) in [7, 11) is -4.25. The normalized spacial score (nSPS) is 13.5. The van der Waals surface area contributed by atoms with Crippen molar-refractivity contribution in [3.63, 3.8) is 0 Å². The zero-order chi connectivity index (χ0) is 28.1. The second-order valence-corrected chi connectivity index (χ2v) is 11.8. The molecule has 0 spiro atoms. The molecule has 204 valence electrons. The number of sulfonamides is 1. The van der Waals surface area contributed by atoms with Crippen molar-refractivity contribution in [3.05, 3.63) is 63.1 Å². The summed E-state index contributed by atoms with van der Waals surface area (Å²) in [5.41, 5.74) is -0.972. The highest BCUT2D eigenvalue weighted by atomic mass is 79.9. The highest BCUT2D eigenvalue weighted by Gasteiger charge is 2.34. The summed E-state index contributed by atoms with van der Waals surface area (Å²) in [5.74, 6) is -1.26. The largest absolute Gasteiger partial charge is 0.416 e. The van der Waals surface area contributed by atoms with E-state index < -0.39 is 51.9 Å². The number of nitrogens with one attached hydrogen (secondary N) is 1. The van der Waals surface area contributed by atoms with E-state index in [0.717, 1.165) is 22.9 Å². The Morgan fingerprint density at radius 1 is 1.14 bits per heavy atom. The molecule has 1 N–H and O–H groups in total. The van der Waals surface area contributed by atoms with E-state index in [1.165, 1.54) is 11.8 Å². The molecule has 0 radical (unpaired) electrons. The van der Waals surface area contributed by atoms with Crippen LogP contribution < -0.4 is 9.62 Å². The Hall–Kier alpha value is -2.31. The van der Waals surface area contributed by atoms with Gasteiger partial charge in [0.1, 0.15) is 12.6 Å². The van der Waals surface area contributed by atoms with Crippen LogP contribution in [0.2, 0.25) is 5.02 Å². The highest BCUT2D eigenvalue weighted by Crippen LogP contribution is 2.36. The van der Waals surface area contributed by atoms with Gasteiger partial charge in [-0.3, -0.25) is 13.9 Å². The van der Waals surface area contributed by atoms with Gasteiger partial charge in [-0.15, -0.1) is 0 Å². The molecule has 2 amide bonds. The van der Waals surface area contributed by atoms with Crippen LogP contribution in [0.1, 0.15) is 38.3 Å². The van der Waals surface area contributed by atoms with Gasteiger partial charge in [-0.2, -0.15) is 13.2 Å². The van der Waals surface area contributed by atoms with E-state index in [0.29, 0.717) is 22.4 Å². The second kappa shape index (κ2) is 12.5. The van der Waals surface area contributed by atoms with Gasteiger partial charge in [0.25, 0.3) is 0 Å². The minimum absolute atomic E-state index is 0.0543. The van der Waals surface area contributed by atoms with Crippen LogP contribution in [0.5, 0.6) is 0 Å². The predicted molar refractivity (Wildman–Crippen MR) is 141 cm³/mol. The number of hydrogen-bond donors (Lipinski definition) is 1. The van der Waals surface area contributed by atoms with E-state index in [9.17, 15) is 31.2 Å². The average molecular weight is 627 g/mol. The maximum absolute atomic E-state index is 13.5. The van der Waals surface area contributed by atoms with Crippen LogP contribution in [0.3, 0.4) is 0 Å². The molecule has 0 fully saturated rings. The van der Waals surface area contributed by atoms with Gasteiger partial charge in [-0.05, 0) is 56.2 Å². The van der Waals surface area contributed by atoms with Crippen molar-refractivity contribution in [2.24, 2.45) is 0 Å². The molecule has 13 heteroatoms. The number of alkyl halides is 3. The van der Waals surface area contributed by atoms with Gasteiger partial charge in [0.15, 0.2) is 0 Å². The molecule has 0 bridgehead atoms. The minimum atomic E-state index is -4.76. The van der Waals surface area contributed by atoms with Crippen molar-refractivity contribution >= 4 is 55.1 Å². The number of anilines is 1. The lowest BCUT2D eigenvalue weighted by molar-refractivity contribution is -0.139. The van der Waals surface area contributed by atoms with E-state index in [1.807, 2.05) is 6.92 Å². The van der Waals surface area contributed by atoms with Crippen molar-refractivity contribution in [2.75, 3.05) is 17.1 Å². The maximum Gasteiger partial charge on any atom is 0.416 e. The topological polar surface area (TPSA) is 86.8 Å². The third-order valence-electron chi connectivity index (χ3n) is 5.63. The lowest BCUT2D eigenvalue weighted by Gasteiger charge is -2.32. The molecule has 2 aromatic rings. The SMILES string of the molecule is CCC(C)NC(=O)C(C)N(Cc1cccc(Br)c1)C(=O)CN(c1cc(C(F)(F)F)ccc1Cl)S(C)(=O)=O. The highest BCUT2D eigenvalue weighted by molar-refractivity contribution is 9.10. The fourth-order valence-electron chi connectivity index (χ4n) is 3.36. The zero-order valence-corrected chi connectivity index (χ0v) is 23.8. The van der Waals surface area contributed by atoms with Gasteiger partial charge < -0.3 is 10.2 Å². The summed E-state index contributed by atoms with van der Waals surface area (Å²) >= 11 is 9.42. The van der Waals surface area contributed by atoms with Crippen LogP contribution in [-0.4, -0.2) is 50.0 Å². The molecule has 2 atom stereocenters. The lowest BCUT2D eigenvalue weighted by Crippen LogP contribution is -2.52. The standard InChI is InChI=1S/C24H28BrClF3N3O4S/c1-5-15(2)30-23(34)16(3)31(13-17-7-6-8-19(25)11-17)22(33)14-32(37(4,35)36)21-12-18(24(27,28)29)9-10-20(21)26/h6-12,15-16H,5,13-14H2,1-4H3,(H,30,34). The summed E-state index contributed by atoms with van der Waals surface area (Å²) in [6, 6.07) is 7.99. The summed E-state index contributed by atoms with van der Waals surface area (Å²) in [5, 5.41) is 2.51. The van der Waals surface area contributed by atoms with Gasteiger partial charge in [0.2, 0.25) is 21.8 Å². The Morgan fingerprint density at radius 2 is 1.78 bits per heavy atom. The molecule has 0 aliphatic heterocycles. The smallest absolute Gasteiger partial charge is 0.352 e. The number of rotatable bonds is 10. The van der Waals surface area contributed by atoms with E-state index in [-0.39, 0.29) is 17.6 Å². The average Bonchev–Trinajstić information content (AvgIpc) is 2.79. The van der Waals surface area contributed by atoms with Crippen molar-refractivity contribution in [3.8, 4) is 0 Å². The summed E-state index contributed by atoms with van der Waals surface area (Å²) in [6.07, 6.45) is -3.36. The lowest BCUT2D eigenvalue weighted by atomic mass is 10.1. The van der Waals surface area contributed by atoms with E-state index in [4.69, 9.17) is 11.6 Å². The number of carbonyl (C=O) groups excluding carboxylic acids is 2. The van der Waals surface area contributed by atoms with Crippen LogP contribution in [0.4, 0.5) is 18.9 Å². The summed E-state index contributed by atoms with van der Waals surface area (Å²) in [4.78, 5) is 27.6. The van der Waals surface area contributed by atoms with Crippen molar-refractivity contribution in [1.29, 1.82) is 0 Å². The molecular weight excluding hydrogens is 599 g/mol. The Morgan fingerprint density at radius 3 is 2.32 bits per heavy atom. The third-order valence-corrected chi connectivity index (χ3v) is 7.57. The Balaban J connectivity index is 2.50. The second-order valence-electron chi connectivity index (χ2n) is 8.58. The molecule has 0 aliphatic rings. The number of carbonyl (C=O) groups is 2. The molecule has 2 unspecified atom stereocenters. The molecule has 7 nitrogen and oxygen atoms in total. The number of halogens is 5. The monoisotopic (exact) mass is 625 g/mol. The molecular formula is C24H28BrClF3N3O4S. The van der Waals surface area contributed by atoms with Gasteiger partial charge in [0.05, 0.1) is 22.5 Å². The molecule has 0 aliphatic carbocycles. The fraction of sp³-hybridized carbons (Fsp3) is 0.417. The molecule has 0 saturated heterocycles. The van der Waals surface area contributed by atoms with Crippen molar-refractivity contribution < 1.29 is 31.2 Å². The van der Waals surface area contributed by atoms with Crippen LogP contribution in [0, 0.1) is 0 Å². The quantitative estimate of drug-likeness (QED) is 0.392. The van der Waals surface area contributed by atoms with Crippen LogP contribution in [0.15, 0.2) is 46.9 Å².